The van der Waals surface area contributed by atoms with Crippen molar-refractivity contribution in [3.8, 4) is 0 Å². The summed E-state index contributed by atoms with van der Waals surface area (Å²) in [6.45, 7) is 0.215. The third-order valence-corrected chi connectivity index (χ3v) is 3.56. The minimum absolute atomic E-state index is 0.0761. The van der Waals surface area contributed by atoms with Crippen LogP contribution in [0.5, 0.6) is 0 Å². The molecule has 2 aromatic carbocycles. The molecule has 5 nitrogen and oxygen atoms in total. The minimum atomic E-state index is -0.921. The van der Waals surface area contributed by atoms with Gasteiger partial charge in [-0.25, -0.2) is 4.79 Å². The Bertz CT molecular complexity index is 659. The summed E-state index contributed by atoms with van der Waals surface area (Å²) in [6.07, 6.45) is -0.0761. The number of hydrogen-bond donors (Lipinski definition) is 3. The molecule has 0 aromatic heterocycles. The number of hydrogen-bond acceptors (Lipinski definition) is 2. The number of benzene rings is 2. The van der Waals surface area contributed by atoms with Gasteiger partial charge < -0.3 is 15.7 Å². The molecular weight excluding hydrogens is 316 g/mol. The normalized spacial score (nSPS) is 11.5. The summed E-state index contributed by atoms with van der Waals surface area (Å²) in [5.74, 6) is -1.25. The van der Waals surface area contributed by atoms with E-state index in [2.05, 4.69) is 10.6 Å². The lowest BCUT2D eigenvalue weighted by Crippen LogP contribution is -2.33. The number of anilines is 1. The standard InChI is InChI=1S/C17H17ClN2O3/c18-14-8-6-12(7-9-14)13(10-16(21)22)11-19-17(23)20-15-4-2-1-3-5-15/h1-9,13H,10-11H2,(H,21,22)(H2,19,20,23). The van der Waals surface area contributed by atoms with Crippen molar-refractivity contribution in [3.05, 3.63) is 65.2 Å². The number of nitrogens with one attached hydrogen (secondary N) is 2. The van der Waals surface area contributed by atoms with E-state index in [0.29, 0.717) is 10.7 Å². The highest BCUT2D eigenvalue weighted by atomic mass is 35.5. The van der Waals surface area contributed by atoms with E-state index in [1.54, 1.807) is 36.4 Å². The Labute approximate surface area is 139 Å². The third kappa shape index (κ3) is 5.64. The molecular formula is C17H17ClN2O3. The Hall–Kier alpha value is -2.53. The van der Waals surface area contributed by atoms with Crippen LogP contribution in [0.15, 0.2) is 54.6 Å². The Morgan fingerprint density at radius 2 is 1.70 bits per heavy atom. The van der Waals surface area contributed by atoms with Gasteiger partial charge in [0.05, 0.1) is 6.42 Å². The molecule has 23 heavy (non-hydrogen) atoms. The molecule has 0 spiro atoms. The number of aliphatic carboxylic acids is 1. The monoisotopic (exact) mass is 332 g/mol. The number of halogens is 1. The molecule has 0 saturated heterocycles. The SMILES string of the molecule is O=C(O)CC(CNC(=O)Nc1ccccc1)c1ccc(Cl)cc1. The Morgan fingerprint density at radius 1 is 1.04 bits per heavy atom. The lowest BCUT2D eigenvalue weighted by Gasteiger charge is -2.17. The number of rotatable bonds is 6. The fourth-order valence-corrected chi connectivity index (χ4v) is 2.29. The summed E-state index contributed by atoms with van der Waals surface area (Å²) in [6, 6.07) is 15.6. The van der Waals surface area contributed by atoms with Crippen molar-refractivity contribution in [2.45, 2.75) is 12.3 Å². The van der Waals surface area contributed by atoms with Crippen molar-refractivity contribution in [1.82, 2.24) is 5.32 Å². The van der Waals surface area contributed by atoms with Crippen molar-refractivity contribution in [1.29, 1.82) is 0 Å². The Balaban J connectivity index is 1.96. The Morgan fingerprint density at radius 3 is 2.30 bits per heavy atom. The second-order valence-corrected chi connectivity index (χ2v) is 5.48. The summed E-state index contributed by atoms with van der Waals surface area (Å²) in [5.41, 5.74) is 1.49. The maximum atomic E-state index is 11.9. The van der Waals surface area contributed by atoms with Gasteiger partial charge in [-0.05, 0) is 29.8 Å². The topological polar surface area (TPSA) is 78.4 Å². The van der Waals surface area contributed by atoms with Gasteiger partial charge in [-0.1, -0.05) is 41.9 Å². The van der Waals surface area contributed by atoms with E-state index >= 15 is 0 Å². The number of carbonyl (C=O) groups excluding carboxylic acids is 1. The average molecular weight is 333 g/mol. The van der Waals surface area contributed by atoms with E-state index < -0.39 is 5.97 Å². The quantitative estimate of drug-likeness (QED) is 0.754. The first-order chi connectivity index (χ1) is 11.0. The summed E-state index contributed by atoms with van der Waals surface area (Å²) in [7, 11) is 0. The first-order valence-corrected chi connectivity index (χ1v) is 7.49. The molecule has 6 heteroatoms. The second kappa shape index (κ2) is 8.19. The molecule has 0 saturated carbocycles. The van der Waals surface area contributed by atoms with Gasteiger partial charge in [0.2, 0.25) is 0 Å². The van der Waals surface area contributed by atoms with Gasteiger partial charge in [-0.2, -0.15) is 0 Å². The van der Waals surface area contributed by atoms with Crippen molar-refractivity contribution in [2.24, 2.45) is 0 Å². The molecule has 3 N–H and O–H groups in total. The van der Waals surface area contributed by atoms with E-state index in [4.69, 9.17) is 16.7 Å². The zero-order valence-corrected chi connectivity index (χ0v) is 13.1. The number of urea groups is 1. The first kappa shape index (κ1) is 16.8. The molecule has 2 rings (SSSR count). The van der Waals surface area contributed by atoms with Crippen LogP contribution in [0.3, 0.4) is 0 Å². The van der Waals surface area contributed by atoms with Gasteiger partial charge in [-0.15, -0.1) is 0 Å². The summed E-state index contributed by atoms with van der Waals surface area (Å²) in [5, 5.41) is 15.0. The molecule has 0 aliphatic heterocycles. The van der Waals surface area contributed by atoms with Crippen LogP contribution in [0, 0.1) is 0 Å². The molecule has 0 bridgehead atoms. The van der Waals surface area contributed by atoms with Crippen LogP contribution in [0.4, 0.5) is 10.5 Å². The van der Waals surface area contributed by atoms with Crippen molar-refractivity contribution in [2.75, 3.05) is 11.9 Å². The molecule has 0 aliphatic carbocycles. The van der Waals surface area contributed by atoms with Crippen LogP contribution in [0.2, 0.25) is 5.02 Å². The first-order valence-electron chi connectivity index (χ1n) is 7.12. The van der Waals surface area contributed by atoms with Crippen molar-refractivity contribution < 1.29 is 14.7 Å². The van der Waals surface area contributed by atoms with Crippen LogP contribution in [0.1, 0.15) is 17.9 Å². The van der Waals surface area contributed by atoms with Crippen LogP contribution in [-0.4, -0.2) is 23.7 Å². The summed E-state index contributed by atoms with van der Waals surface area (Å²) >= 11 is 5.84. The lowest BCUT2D eigenvalue weighted by atomic mass is 9.96. The molecule has 120 valence electrons. The molecule has 0 fully saturated rings. The predicted molar refractivity (Wildman–Crippen MR) is 89.9 cm³/mol. The van der Waals surface area contributed by atoms with Gasteiger partial charge in [-0.3, -0.25) is 4.79 Å². The maximum Gasteiger partial charge on any atom is 0.319 e. The van der Waals surface area contributed by atoms with Gasteiger partial charge in [0.15, 0.2) is 0 Å². The second-order valence-electron chi connectivity index (χ2n) is 5.05. The van der Waals surface area contributed by atoms with Crippen molar-refractivity contribution >= 4 is 29.3 Å². The lowest BCUT2D eigenvalue weighted by molar-refractivity contribution is -0.137. The molecule has 0 aliphatic rings. The fraction of sp³-hybridized carbons (Fsp3) is 0.176. The highest BCUT2D eigenvalue weighted by Crippen LogP contribution is 2.21. The fourth-order valence-electron chi connectivity index (χ4n) is 2.17. The third-order valence-electron chi connectivity index (χ3n) is 3.30. The van der Waals surface area contributed by atoms with E-state index in [0.717, 1.165) is 5.56 Å². The minimum Gasteiger partial charge on any atom is -0.481 e. The zero-order valence-electron chi connectivity index (χ0n) is 12.3. The van der Waals surface area contributed by atoms with Gasteiger partial charge >= 0.3 is 12.0 Å². The highest BCUT2D eigenvalue weighted by Gasteiger charge is 2.16. The maximum absolute atomic E-state index is 11.9. The molecule has 0 radical (unpaired) electrons. The summed E-state index contributed by atoms with van der Waals surface area (Å²) in [4.78, 5) is 22.9. The number of carbonyl (C=O) groups is 2. The van der Waals surface area contributed by atoms with Gasteiger partial charge in [0, 0.05) is 23.2 Å². The molecule has 2 aromatic rings. The van der Waals surface area contributed by atoms with Gasteiger partial charge in [0.25, 0.3) is 0 Å². The Kier molecular flexibility index (Phi) is 6.00. The van der Waals surface area contributed by atoms with E-state index in [1.165, 1.54) is 0 Å². The van der Waals surface area contributed by atoms with E-state index in [1.807, 2.05) is 18.2 Å². The number of amides is 2. The molecule has 2 amide bonds. The predicted octanol–water partition coefficient (Wildman–Crippen LogP) is 3.72. The summed E-state index contributed by atoms with van der Waals surface area (Å²) < 4.78 is 0. The van der Waals surface area contributed by atoms with Gasteiger partial charge in [0.1, 0.15) is 0 Å². The van der Waals surface area contributed by atoms with Crippen molar-refractivity contribution in [3.63, 3.8) is 0 Å². The van der Waals surface area contributed by atoms with Crippen LogP contribution < -0.4 is 10.6 Å². The van der Waals surface area contributed by atoms with Crippen LogP contribution in [0.25, 0.3) is 0 Å². The van der Waals surface area contributed by atoms with Crippen LogP contribution in [-0.2, 0) is 4.79 Å². The van der Waals surface area contributed by atoms with E-state index in [9.17, 15) is 9.59 Å². The van der Waals surface area contributed by atoms with Crippen LogP contribution >= 0.6 is 11.6 Å². The number of para-hydroxylation sites is 1. The number of carboxylic acid groups (broad SMARTS) is 1. The van der Waals surface area contributed by atoms with E-state index in [-0.39, 0.29) is 24.9 Å². The smallest absolute Gasteiger partial charge is 0.319 e. The zero-order chi connectivity index (χ0) is 16.7. The largest absolute Gasteiger partial charge is 0.481 e. The molecule has 0 heterocycles. The number of carboxylic acids is 1. The average Bonchev–Trinajstić information content (AvgIpc) is 2.53. The highest BCUT2D eigenvalue weighted by molar-refractivity contribution is 6.30. The molecule has 1 unspecified atom stereocenters. The molecule has 1 atom stereocenters.